The smallest absolute Gasteiger partial charge is 0.303 e. The van der Waals surface area contributed by atoms with Crippen molar-refractivity contribution in [2.75, 3.05) is 6.61 Å². The number of hydrogen-bond acceptors (Lipinski definition) is 9. The normalized spacial score (nSPS) is 32.1. The fraction of sp³-hybridized carbons (Fsp3) is 0.750. The molecule has 4 unspecified atom stereocenters. The van der Waals surface area contributed by atoms with Gasteiger partial charge in [-0.05, 0) is 0 Å². The van der Waals surface area contributed by atoms with E-state index in [2.05, 4.69) is 0 Å². The van der Waals surface area contributed by atoms with Crippen LogP contribution in [0.1, 0.15) is 20.8 Å². The number of aliphatic hydroxyl groups is 1. The van der Waals surface area contributed by atoms with Gasteiger partial charge in [0, 0.05) is 20.8 Å². The summed E-state index contributed by atoms with van der Waals surface area (Å²) >= 11 is 0. The Morgan fingerprint density at radius 3 is 2.05 bits per heavy atom. The molecule has 120 valence electrons. The van der Waals surface area contributed by atoms with E-state index in [0.717, 1.165) is 13.8 Å². The van der Waals surface area contributed by atoms with E-state index in [9.17, 15) is 19.5 Å². The minimum atomic E-state index is -1.46. The monoisotopic (exact) mass is 305 g/mol. The van der Waals surface area contributed by atoms with Gasteiger partial charge in [0.15, 0.2) is 18.5 Å². The van der Waals surface area contributed by atoms with Gasteiger partial charge in [-0.2, -0.15) is 0 Å². The van der Waals surface area contributed by atoms with Crippen LogP contribution >= 0.6 is 0 Å². The van der Waals surface area contributed by atoms with Gasteiger partial charge in [-0.1, -0.05) is 0 Å². The summed E-state index contributed by atoms with van der Waals surface area (Å²) in [5, 5.41) is 9.73. The van der Waals surface area contributed by atoms with E-state index < -0.39 is 48.6 Å². The number of carbonyl (C=O) groups excluding carboxylic acids is 3. The molecule has 0 aromatic heterocycles. The molecule has 0 radical (unpaired) electrons. The zero-order valence-electron chi connectivity index (χ0n) is 12.0. The second kappa shape index (κ2) is 7.34. The quantitative estimate of drug-likeness (QED) is 0.468. The van der Waals surface area contributed by atoms with E-state index in [1.54, 1.807) is 0 Å². The minimum absolute atomic E-state index is 0.283. The maximum Gasteiger partial charge on any atom is 0.303 e. The van der Waals surface area contributed by atoms with Crippen molar-refractivity contribution in [3.8, 4) is 0 Å². The van der Waals surface area contributed by atoms with Crippen molar-refractivity contribution in [1.29, 1.82) is 0 Å². The van der Waals surface area contributed by atoms with E-state index in [1.807, 2.05) is 0 Å². The molecule has 3 N–H and O–H groups in total. The molecule has 0 aromatic rings. The third-order valence-electron chi connectivity index (χ3n) is 2.77. The molecule has 0 aliphatic carbocycles. The zero-order valence-corrected chi connectivity index (χ0v) is 12.0. The highest BCUT2D eigenvalue weighted by molar-refractivity contribution is 5.67. The molecule has 0 spiro atoms. The number of aliphatic hydroxyl groups excluding tert-OH is 1. The number of esters is 3. The topological polar surface area (TPSA) is 134 Å². The summed E-state index contributed by atoms with van der Waals surface area (Å²) in [4.78, 5) is 33.2. The first kappa shape index (κ1) is 17.3. The maximum absolute atomic E-state index is 11.2. The van der Waals surface area contributed by atoms with Crippen molar-refractivity contribution in [2.45, 2.75) is 51.4 Å². The molecule has 21 heavy (non-hydrogen) atoms. The fourth-order valence-corrected chi connectivity index (χ4v) is 1.95. The molecular weight excluding hydrogens is 286 g/mol. The lowest BCUT2D eigenvalue weighted by Gasteiger charge is -2.41. The lowest BCUT2D eigenvalue weighted by molar-refractivity contribution is -0.260. The average molecular weight is 305 g/mol. The van der Waals surface area contributed by atoms with Gasteiger partial charge in [-0.3, -0.25) is 14.4 Å². The average Bonchev–Trinajstić information content (AvgIpc) is 2.35. The number of carbonyl (C=O) groups is 3. The lowest BCUT2D eigenvalue weighted by atomic mass is 9.97. The summed E-state index contributed by atoms with van der Waals surface area (Å²) in [5.74, 6) is -1.89. The Bertz CT molecular complexity index is 412. The van der Waals surface area contributed by atoms with Crippen LogP contribution < -0.4 is 5.73 Å². The Morgan fingerprint density at radius 2 is 1.57 bits per heavy atom. The van der Waals surface area contributed by atoms with Crippen LogP contribution in [0, 0.1) is 0 Å². The van der Waals surface area contributed by atoms with Crippen molar-refractivity contribution < 1.29 is 38.4 Å². The SMILES string of the molecule is CC(=O)OCC1OC(O)C(N)C(OC(C)=O)[C@@H]1OC(C)=O. The van der Waals surface area contributed by atoms with E-state index in [0.29, 0.717) is 0 Å². The highest BCUT2D eigenvalue weighted by Crippen LogP contribution is 2.24. The number of ether oxygens (including phenoxy) is 4. The molecule has 0 saturated carbocycles. The summed E-state index contributed by atoms with van der Waals surface area (Å²) < 4.78 is 20.0. The summed E-state index contributed by atoms with van der Waals surface area (Å²) in [6, 6.07) is -1.10. The van der Waals surface area contributed by atoms with Gasteiger partial charge in [-0.25, -0.2) is 0 Å². The molecule has 1 rings (SSSR count). The van der Waals surface area contributed by atoms with Crippen LogP contribution in [0.5, 0.6) is 0 Å². The maximum atomic E-state index is 11.2. The Kier molecular flexibility index (Phi) is 6.06. The van der Waals surface area contributed by atoms with Gasteiger partial charge >= 0.3 is 17.9 Å². The second-order valence-electron chi connectivity index (χ2n) is 4.59. The van der Waals surface area contributed by atoms with Crippen LogP contribution in [0.15, 0.2) is 0 Å². The molecule has 0 amide bonds. The van der Waals surface area contributed by atoms with Gasteiger partial charge in [0.2, 0.25) is 0 Å². The second-order valence-corrected chi connectivity index (χ2v) is 4.59. The van der Waals surface area contributed by atoms with E-state index in [4.69, 9.17) is 24.7 Å². The number of rotatable bonds is 4. The first-order chi connectivity index (χ1) is 9.72. The summed E-state index contributed by atoms with van der Waals surface area (Å²) in [6.45, 7) is 3.22. The van der Waals surface area contributed by atoms with Crippen LogP contribution in [-0.2, 0) is 33.3 Å². The molecule has 1 aliphatic heterocycles. The molecule has 0 aromatic carbocycles. The Morgan fingerprint density at radius 1 is 1.05 bits per heavy atom. The predicted octanol–water partition coefficient (Wildman–Crippen LogP) is -1.54. The van der Waals surface area contributed by atoms with Gasteiger partial charge in [-0.15, -0.1) is 0 Å². The summed E-state index contributed by atoms with van der Waals surface area (Å²) in [7, 11) is 0. The Labute approximate surface area is 121 Å². The Balaban J connectivity index is 2.94. The van der Waals surface area contributed by atoms with Crippen molar-refractivity contribution in [1.82, 2.24) is 0 Å². The highest BCUT2D eigenvalue weighted by Gasteiger charge is 2.48. The number of nitrogens with two attached hydrogens (primary N) is 1. The Hall–Kier alpha value is -1.71. The standard InChI is InChI=1S/C12H19NO8/c1-5(14)18-4-8-10(19-6(2)15)11(20-7(3)16)9(13)12(17)21-8/h8-12,17H,4,13H2,1-3H3/t8?,9?,10-,11?,12?/m1/s1. The van der Waals surface area contributed by atoms with Gasteiger partial charge in [0.25, 0.3) is 0 Å². The molecule has 1 fully saturated rings. The lowest BCUT2D eigenvalue weighted by Crippen LogP contribution is -2.64. The molecule has 9 nitrogen and oxygen atoms in total. The molecular formula is C12H19NO8. The summed E-state index contributed by atoms with van der Waals surface area (Å²) in [6.07, 6.45) is -4.67. The van der Waals surface area contributed by atoms with Crippen LogP contribution in [0.25, 0.3) is 0 Å². The van der Waals surface area contributed by atoms with Crippen LogP contribution in [-0.4, -0.2) is 60.3 Å². The zero-order chi connectivity index (χ0) is 16.2. The first-order valence-electron chi connectivity index (χ1n) is 6.29. The van der Waals surface area contributed by atoms with E-state index in [1.165, 1.54) is 6.92 Å². The summed E-state index contributed by atoms with van der Waals surface area (Å²) in [5.41, 5.74) is 5.70. The van der Waals surface area contributed by atoms with Crippen molar-refractivity contribution in [2.24, 2.45) is 5.73 Å². The van der Waals surface area contributed by atoms with Gasteiger partial charge in [0.1, 0.15) is 12.7 Å². The minimum Gasteiger partial charge on any atom is -0.463 e. The van der Waals surface area contributed by atoms with Crippen molar-refractivity contribution >= 4 is 17.9 Å². The molecule has 1 heterocycles. The first-order valence-corrected chi connectivity index (χ1v) is 6.29. The molecule has 1 saturated heterocycles. The highest BCUT2D eigenvalue weighted by atomic mass is 16.7. The van der Waals surface area contributed by atoms with Crippen LogP contribution in [0.4, 0.5) is 0 Å². The third-order valence-corrected chi connectivity index (χ3v) is 2.77. The van der Waals surface area contributed by atoms with Crippen molar-refractivity contribution in [3.63, 3.8) is 0 Å². The van der Waals surface area contributed by atoms with E-state index >= 15 is 0 Å². The van der Waals surface area contributed by atoms with Crippen molar-refractivity contribution in [3.05, 3.63) is 0 Å². The van der Waals surface area contributed by atoms with Crippen LogP contribution in [0.2, 0.25) is 0 Å². The third kappa shape index (κ3) is 4.96. The fourth-order valence-electron chi connectivity index (χ4n) is 1.95. The molecule has 1 aliphatic rings. The predicted molar refractivity (Wildman–Crippen MR) is 66.6 cm³/mol. The molecule has 0 bridgehead atoms. The molecule has 9 heteroatoms. The van der Waals surface area contributed by atoms with Gasteiger partial charge in [0.05, 0.1) is 6.04 Å². The molecule has 5 atom stereocenters. The van der Waals surface area contributed by atoms with Gasteiger partial charge < -0.3 is 29.8 Å². The van der Waals surface area contributed by atoms with Crippen LogP contribution in [0.3, 0.4) is 0 Å². The largest absolute Gasteiger partial charge is 0.463 e. The number of hydrogen-bond donors (Lipinski definition) is 2. The van der Waals surface area contributed by atoms with E-state index in [-0.39, 0.29) is 6.61 Å².